The van der Waals surface area contributed by atoms with Gasteiger partial charge in [-0.2, -0.15) is 18.3 Å². The molecule has 92 valence electrons. The monoisotopic (exact) mass is 237 g/mol. The minimum atomic E-state index is -4.28. The second kappa shape index (κ2) is 5.31. The Bertz CT molecular complexity index is 335. The molecule has 0 fully saturated rings. The number of rotatable bonds is 5. The SMILES string of the molecule is Cc1c(CN)cnn1CCOCC(F)(F)F. The molecule has 0 aliphatic carbocycles. The van der Waals surface area contributed by atoms with Crippen molar-refractivity contribution >= 4 is 0 Å². The normalized spacial score (nSPS) is 12.1. The molecule has 0 aliphatic rings. The van der Waals surface area contributed by atoms with Crippen LogP contribution in [0.2, 0.25) is 0 Å². The van der Waals surface area contributed by atoms with Crippen molar-refractivity contribution in [3.8, 4) is 0 Å². The summed E-state index contributed by atoms with van der Waals surface area (Å²) in [5.41, 5.74) is 7.19. The van der Waals surface area contributed by atoms with Gasteiger partial charge in [0.05, 0.1) is 19.3 Å². The van der Waals surface area contributed by atoms with Crippen molar-refractivity contribution in [1.82, 2.24) is 9.78 Å². The molecule has 16 heavy (non-hydrogen) atoms. The first-order valence-electron chi connectivity index (χ1n) is 4.80. The van der Waals surface area contributed by atoms with Crippen LogP contribution in [0.25, 0.3) is 0 Å². The predicted octanol–water partition coefficient (Wildman–Crippen LogP) is 1.23. The van der Waals surface area contributed by atoms with E-state index in [4.69, 9.17) is 5.73 Å². The number of aromatic nitrogens is 2. The lowest BCUT2D eigenvalue weighted by Gasteiger charge is -2.08. The summed E-state index contributed by atoms with van der Waals surface area (Å²) < 4.78 is 41.3. The molecule has 0 radical (unpaired) electrons. The standard InChI is InChI=1S/C9H14F3N3O/c1-7-8(4-13)5-14-15(7)2-3-16-6-9(10,11)12/h5H,2-4,6,13H2,1H3. The lowest BCUT2D eigenvalue weighted by atomic mass is 10.3. The van der Waals surface area contributed by atoms with Crippen LogP contribution in [-0.2, 0) is 17.8 Å². The summed E-state index contributed by atoms with van der Waals surface area (Å²) in [6.07, 6.45) is -2.67. The van der Waals surface area contributed by atoms with E-state index in [2.05, 4.69) is 9.84 Å². The molecule has 0 unspecified atom stereocenters. The first-order valence-corrected chi connectivity index (χ1v) is 4.80. The van der Waals surface area contributed by atoms with Gasteiger partial charge < -0.3 is 10.5 Å². The van der Waals surface area contributed by atoms with Crippen LogP contribution in [-0.4, -0.2) is 29.2 Å². The fourth-order valence-electron chi connectivity index (χ4n) is 1.25. The highest BCUT2D eigenvalue weighted by molar-refractivity contribution is 5.15. The Labute approximate surface area is 91.2 Å². The molecule has 0 aliphatic heterocycles. The van der Waals surface area contributed by atoms with Crippen molar-refractivity contribution in [2.45, 2.75) is 26.2 Å². The highest BCUT2D eigenvalue weighted by atomic mass is 19.4. The van der Waals surface area contributed by atoms with E-state index in [-0.39, 0.29) is 6.61 Å². The zero-order valence-corrected chi connectivity index (χ0v) is 8.92. The Balaban J connectivity index is 2.35. The van der Waals surface area contributed by atoms with E-state index in [1.54, 1.807) is 10.9 Å². The second-order valence-electron chi connectivity index (χ2n) is 3.35. The van der Waals surface area contributed by atoms with Gasteiger partial charge in [0.1, 0.15) is 6.61 Å². The van der Waals surface area contributed by atoms with E-state index in [0.29, 0.717) is 13.1 Å². The second-order valence-corrected chi connectivity index (χ2v) is 3.35. The summed E-state index contributed by atoms with van der Waals surface area (Å²) in [4.78, 5) is 0. The van der Waals surface area contributed by atoms with Crippen LogP contribution in [0.1, 0.15) is 11.3 Å². The third kappa shape index (κ3) is 3.82. The summed E-state index contributed by atoms with van der Waals surface area (Å²) in [6.45, 7) is 1.24. The van der Waals surface area contributed by atoms with Gasteiger partial charge in [0, 0.05) is 17.8 Å². The van der Waals surface area contributed by atoms with Crippen molar-refractivity contribution in [1.29, 1.82) is 0 Å². The van der Waals surface area contributed by atoms with Gasteiger partial charge in [-0.1, -0.05) is 0 Å². The average Bonchev–Trinajstić information content (AvgIpc) is 2.53. The van der Waals surface area contributed by atoms with Gasteiger partial charge in [-0.3, -0.25) is 4.68 Å². The Morgan fingerprint density at radius 2 is 2.19 bits per heavy atom. The van der Waals surface area contributed by atoms with E-state index < -0.39 is 12.8 Å². The molecule has 0 saturated carbocycles. The van der Waals surface area contributed by atoms with Gasteiger partial charge >= 0.3 is 6.18 Å². The van der Waals surface area contributed by atoms with E-state index in [0.717, 1.165) is 11.3 Å². The van der Waals surface area contributed by atoms with Crippen molar-refractivity contribution in [2.24, 2.45) is 5.73 Å². The maximum Gasteiger partial charge on any atom is 0.411 e. The highest BCUT2D eigenvalue weighted by Gasteiger charge is 2.27. The Morgan fingerprint density at radius 3 is 2.69 bits per heavy atom. The summed E-state index contributed by atoms with van der Waals surface area (Å²) >= 11 is 0. The number of hydrogen-bond acceptors (Lipinski definition) is 3. The highest BCUT2D eigenvalue weighted by Crippen LogP contribution is 2.14. The van der Waals surface area contributed by atoms with Gasteiger partial charge in [0.2, 0.25) is 0 Å². The van der Waals surface area contributed by atoms with E-state index in [9.17, 15) is 13.2 Å². The van der Waals surface area contributed by atoms with Crippen LogP contribution >= 0.6 is 0 Å². The molecule has 0 spiro atoms. The minimum Gasteiger partial charge on any atom is -0.370 e. The molecule has 2 N–H and O–H groups in total. The molecule has 4 nitrogen and oxygen atoms in total. The zero-order valence-electron chi connectivity index (χ0n) is 8.92. The zero-order chi connectivity index (χ0) is 12.2. The summed E-state index contributed by atoms with van der Waals surface area (Å²) in [7, 11) is 0. The topological polar surface area (TPSA) is 53.1 Å². The molecule has 7 heteroatoms. The van der Waals surface area contributed by atoms with Crippen molar-refractivity contribution < 1.29 is 17.9 Å². The first-order chi connectivity index (χ1) is 7.44. The molecule has 0 amide bonds. The van der Waals surface area contributed by atoms with Gasteiger partial charge in [-0.25, -0.2) is 0 Å². The number of halogens is 3. The molecule has 1 aromatic rings. The molecular formula is C9H14F3N3O. The fraction of sp³-hybridized carbons (Fsp3) is 0.667. The van der Waals surface area contributed by atoms with Crippen LogP contribution in [0.15, 0.2) is 6.20 Å². The smallest absolute Gasteiger partial charge is 0.370 e. The van der Waals surface area contributed by atoms with Crippen molar-refractivity contribution in [3.05, 3.63) is 17.5 Å². The van der Waals surface area contributed by atoms with Crippen LogP contribution in [0.4, 0.5) is 13.2 Å². The molecule has 1 aromatic heterocycles. The number of nitrogens with zero attached hydrogens (tertiary/aromatic N) is 2. The molecule has 1 rings (SSSR count). The maximum atomic E-state index is 11.8. The third-order valence-corrected chi connectivity index (χ3v) is 2.14. The Hall–Kier alpha value is -1.08. The lowest BCUT2D eigenvalue weighted by molar-refractivity contribution is -0.174. The number of hydrogen-bond donors (Lipinski definition) is 1. The molecule has 1 heterocycles. The van der Waals surface area contributed by atoms with E-state index in [1.807, 2.05) is 6.92 Å². The summed E-state index contributed by atoms with van der Waals surface area (Å²) in [5, 5.41) is 4.00. The Kier molecular flexibility index (Phi) is 4.31. The molecule has 0 bridgehead atoms. The van der Waals surface area contributed by atoms with Gasteiger partial charge in [0.25, 0.3) is 0 Å². The van der Waals surface area contributed by atoms with Crippen molar-refractivity contribution in [2.75, 3.05) is 13.2 Å². The Morgan fingerprint density at radius 1 is 1.50 bits per heavy atom. The minimum absolute atomic E-state index is 0.0218. The largest absolute Gasteiger partial charge is 0.411 e. The molecule has 0 aromatic carbocycles. The van der Waals surface area contributed by atoms with E-state index in [1.165, 1.54) is 0 Å². The molecular weight excluding hydrogens is 223 g/mol. The van der Waals surface area contributed by atoms with Gasteiger partial charge in [-0.05, 0) is 6.92 Å². The van der Waals surface area contributed by atoms with E-state index >= 15 is 0 Å². The number of ether oxygens (including phenoxy) is 1. The number of nitrogens with two attached hydrogens (primary N) is 1. The van der Waals surface area contributed by atoms with Crippen LogP contribution in [0.5, 0.6) is 0 Å². The van der Waals surface area contributed by atoms with Crippen molar-refractivity contribution in [3.63, 3.8) is 0 Å². The summed E-state index contributed by atoms with van der Waals surface area (Å²) in [5.74, 6) is 0. The van der Waals surface area contributed by atoms with Crippen LogP contribution < -0.4 is 5.73 Å². The maximum absolute atomic E-state index is 11.8. The first kappa shape index (κ1) is 13.0. The molecule has 0 saturated heterocycles. The molecule has 0 atom stereocenters. The predicted molar refractivity (Wildman–Crippen MR) is 51.7 cm³/mol. The number of alkyl halides is 3. The van der Waals surface area contributed by atoms with Gasteiger partial charge in [0.15, 0.2) is 0 Å². The third-order valence-electron chi connectivity index (χ3n) is 2.14. The van der Waals surface area contributed by atoms with Crippen LogP contribution in [0.3, 0.4) is 0 Å². The summed E-state index contributed by atoms with van der Waals surface area (Å²) in [6, 6.07) is 0. The van der Waals surface area contributed by atoms with Gasteiger partial charge in [-0.15, -0.1) is 0 Å². The fourth-order valence-corrected chi connectivity index (χ4v) is 1.25. The lowest BCUT2D eigenvalue weighted by Crippen LogP contribution is -2.19. The quantitative estimate of drug-likeness (QED) is 0.783. The van der Waals surface area contributed by atoms with Crippen LogP contribution in [0, 0.1) is 6.92 Å². The average molecular weight is 237 g/mol.